The van der Waals surface area contributed by atoms with E-state index >= 15 is 0 Å². The average Bonchev–Trinajstić information content (AvgIpc) is 2.74. The summed E-state index contributed by atoms with van der Waals surface area (Å²) in [4.78, 5) is 16.1. The van der Waals surface area contributed by atoms with Gasteiger partial charge >= 0.3 is 0 Å². The minimum atomic E-state index is 0.663. The fraction of sp³-hybridized carbons (Fsp3) is 0.348. The normalized spacial score (nSPS) is 14.8. The standard InChI is InChI=1S/C23H27N5/c1-18-15-22(25-17-21-9-5-6-12-24-21)27-23(26-18)28-13-10-20(11-14-28)16-19-7-3-2-4-8-19/h2-9,12,15,20H,10-11,13-14,16-17H2,1H3,(H,25,26,27). The predicted molar refractivity (Wildman–Crippen MR) is 113 cm³/mol. The van der Waals surface area contributed by atoms with Crippen molar-refractivity contribution in [3.8, 4) is 0 Å². The maximum atomic E-state index is 4.76. The molecule has 0 saturated carbocycles. The summed E-state index contributed by atoms with van der Waals surface area (Å²) in [5, 5.41) is 3.38. The van der Waals surface area contributed by atoms with E-state index in [0.717, 1.165) is 42.2 Å². The molecule has 0 spiro atoms. The van der Waals surface area contributed by atoms with Crippen LogP contribution in [0.5, 0.6) is 0 Å². The van der Waals surface area contributed by atoms with Gasteiger partial charge < -0.3 is 10.2 Å². The van der Waals surface area contributed by atoms with Crippen molar-refractivity contribution in [3.05, 3.63) is 77.7 Å². The van der Waals surface area contributed by atoms with Crippen molar-refractivity contribution in [2.75, 3.05) is 23.3 Å². The van der Waals surface area contributed by atoms with Crippen LogP contribution in [0, 0.1) is 12.8 Å². The molecule has 1 saturated heterocycles. The molecule has 0 amide bonds. The number of nitrogens with one attached hydrogen (secondary N) is 1. The van der Waals surface area contributed by atoms with Crippen molar-refractivity contribution in [1.82, 2.24) is 15.0 Å². The molecule has 2 aromatic heterocycles. The molecule has 4 rings (SSSR count). The zero-order valence-electron chi connectivity index (χ0n) is 16.4. The smallest absolute Gasteiger partial charge is 0.227 e. The number of aromatic nitrogens is 3. The Morgan fingerprint density at radius 1 is 1.00 bits per heavy atom. The molecule has 144 valence electrons. The van der Waals surface area contributed by atoms with Crippen molar-refractivity contribution in [2.45, 2.75) is 32.7 Å². The number of hydrogen-bond donors (Lipinski definition) is 1. The molecule has 1 aromatic carbocycles. The Bertz CT molecular complexity index is 874. The maximum Gasteiger partial charge on any atom is 0.227 e. The van der Waals surface area contributed by atoms with Crippen molar-refractivity contribution in [1.29, 1.82) is 0 Å². The largest absolute Gasteiger partial charge is 0.364 e. The van der Waals surface area contributed by atoms with E-state index in [9.17, 15) is 0 Å². The van der Waals surface area contributed by atoms with Crippen LogP contribution in [0.3, 0.4) is 0 Å². The lowest BCUT2D eigenvalue weighted by Crippen LogP contribution is -2.35. The van der Waals surface area contributed by atoms with Gasteiger partial charge in [0.25, 0.3) is 0 Å². The van der Waals surface area contributed by atoms with E-state index < -0.39 is 0 Å². The fourth-order valence-corrected chi connectivity index (χ4v) is 3.75. The first-order valence-corrected chi connectivity index (χ1v) is 10.0. The molecule has 0 atom stereocenters. The molecule has 1 fully saturated rings. The molecule has 3 heterocycles. The summed E-state index contributed by atoms with van der Waals surface area (Å²) in [5.41, 5.74) is 3.43. The van der Waals surface area contributed by atoms with Crippen molar-refractivity contribution in [2.24, 2.45) is 5.92 Å². The van der Waals surface area contributed by atoms with Crippen LogP contribution in [0.15, 0.2) is 60.8 Å². The first-order chi connectivity index (χ1) is 13.8. The molecule has 0 aliphatic carbocycles. The van der Waals surface area contributed by atoms with E-state index in [0.29, 0.717) is 6.54 Å². The molecule has 28 heavy (non-hydrogen) atoms. The summed E-state index contributed by atoms with van der Waals surface area (Å²) in [6.07, 6.45) is 5.35. The molecule has 0 bridgehead atoms. The maximum absolute atomic E-state index is 4.76. The Morgan fingerprint density at radius 2 is 1.79 bits per heavy atom. The summed E-state index contributed by atoms with van der Waals surface area (Å²) in [6.45, 7) is 4.72. The lowest BCUT2D eigenvalue weighted by atomic mass is 9.90. The third kappa shape index (κ3) is 4.85. The Morgan fingerprint density at radius 3 is 2.54 bits per heavy atom. The van der Waals surface area contributed by atoms with Gasteiger partial charge in [-0.3, -0.25) is 4.98 Å². The third-order valence-corrected chi connectivity index (χ3v) is 5.28. The molecular formula is C23H27N5. The summed E-state index contributed by atoms with van der Waals surface area (Å²) in [5.74, 6) is 2.44. The average molecular weight is 374 g/mol. The van der Waals surface area contributed by atoms with Gasteiger partial charge in [0.1, 0.15) is 5.82 Å². The molecule has 1 aliphatic heterocycles. The predicted octanol–water partition coefficient (Wildman–Crippen LogP) is 4.25. The molecular weight excluding hydrogens is 346 g/mol. The number of rotatable bonds is 6. The highest BCUT2D eigenvalue weighted by Crippen LogP contribution is 2.25. The minimum Gasteiger partial charge on any atom is -0.364 e. The van der Waals surface area contributed by atoms with Gasteiger partial charge in [-0.25, -0.2) is 4.98 Å². The summed E-state index contributed by atoms with van der Waals surface area (Å²) in [6, 6.07) is 18.7. The van der Waals surface area contributed by atoms with Gasteiger partial charge in [0, 0.05) is 31.0 Å². The monoisotopic (exact) mass is 373 g/mol. The van der Waals surface area contributed by atoms with E-state index in [1.165, 1.54) is 24.8 Å². The van der Waals surface area contributed by atoms with Gasteiger partial charge in [0.15, 0.2) is 0 Å². The number of aryl methyl sites for hydroxylation is 1. The van der Waals surface area contributed by atoms with E-state index in [4.69, 9.17) is 4.98 Å². The van der Waals surface area contributed by atoms with E-state index in [1.807, 2.05) is 37.4 Å². The second kappa shape index (κ2) is 8.83. The zero-order valence-corrected chi connectivity index (χ0v) is 16.4. The van der Waals surface area contributed by atoms with Crippen LogP contribution in [0.25, 0.3) is 0 Å². The first-order valence-electron chi connectivity index (χ1n) is 10.0. The minimum absolute atomic E-state index is 0.663. The molecule has 5 nitrogen and oxygen atoms in total. The highest BCUT2D eigenvalue weighted by atomic mass is 15.3. The van der Waals surface area contributed by atoms with E-state index in [1.54, 1.807) is 0 Å². The second-order valence-electron chi connectivity index (χ2n) is 7.49. The Labute approximate surface area is 166 Å². The molecule has 1 aliphatic rings. The van der Waals surface area contributed by atoms with Crippen LogP contribution >= 0.6 is 0 Å². The Hall–Kier alpha value is -2.95. The number of pyridine rings is 1. The lowest BCUT2D eigenvalue weighted by Gasteiger charge is -2.32. The Kier molecular flexibility index (Phi) is 5.80. The summed E-state index contributed by atoms with van der Waals surface area (Å²) < 4.78 is 0. The van der Waals surface area contributed by atoms with Gasteiger partial charge in [-0.2, -0.15) is 4.98 Å². The van der Waals surface area contributed by atoms with Crippen LogP contribution in [-0.2, 0) is 13.0 Å². The molecule has 0 unspecified atom stereocenters. The second-order valence-corrected chi connectivity index (χ2v) is 7.49. The molecule has 1 N–H and O–H groups in total. The van der Waals surface area contributed by atoms with Crippen LogP contribution < -0.4 is 10.2 Å². The first kappa shape index (κ1) is 18.4. The SMILES string of the molecule is Cc1cc(NCc2ccccn2)nc(N2CCC(Cc3ccccc3)CC2)n1. The van der Waals surface area contributed by atoms with Gasteiger partial charge in [-0.1, -0.05) is 36.4 Å². The fourth-order valence-electron chi connectivity index (χ4n) is 3.75. The molecule has 5 heteroatoms. The number of piperidine rings is 1. The van der Waals surface area contributed by atoms with Crippen molar-refractivity contribution < 1.29 is 0 Å². The van der Waals surface area contributed by atoms with E-state index in [2.05, 4.69) is 50.5 Å². The molecule has 3 aromatic rings. The van der Waals surface area contributed by atoms with Crippen molar-refractivity contribution in [3.63, 3.8) is 0 Å². The topological polar surface area (TPSA) is 53.9 Å². The van der Waals surface area contributed by atoms with Crippen LogP contribution in [0.2, 0.25) is 0 Å². The van der Waals surface area contributed by atoms with Crippen LogP contribution in [0.4, 0.5) is 11.8 Å². The van der Waals surface area contributed by atoms with Crippen LogP contribution in [-0.4, -0.2) is 28.0 Å². The number of hydrogen-bond acceptors (Lipinski definition) is 5. The van der Waals surface area contributed by atoms with Crippen LogP contribution in [0.1, 0.15) is 29.8 Å². The zero-order chi connectivity index (χ0) is 19.2. The Balaban J connectivity index is 1.36. The van der Waals surface area contributed by atoms with Gasteiger partial charge in [0.05, 0.1) is 12.2 Å². The highest BCUT2D eigenvalue weighted by Gasteiger charge is 2.21. The number of anilines is 2. The van der Waals surface area contributed by atoms with Gasteiger partial charge in [0.2, 0.25) is 5.95 Å². The quantitative estimate of drug-likeness (QED) is 0.700. The van der Waals surface area contributed by atoms with Gasteiger partial charge in [-0.05, 0) is 49.8 Å². The number of benzene rings is 1. The summed E-state index contributed by atoms with van der Waals surface area (Å²) >= 11 is 0. The van der Waals surface area contributed by atoms with E-state index in [-0.39, 0.29) is 0 Å². The molecule has 0 radical (unpaired) electrons. The highest BCUT2D eigenvalue weighted by molar-refractivity contribution is 5.44. The summed E-state index contributed by atoms with van der Waals surface area (Å²) in [7, 11) is 0. The number of nitrogens with zero attached hydrogens (tertiary/aromatic N) is 4. The van der Waals surface area contributed by atoms with Crippen molar-refractivity contribution >= 4 is 11.8 Å². The lowest BCUT2D eigenvalue weighted by molar-refractivity contribution is 0.400. The third-order valence-electron chi connectivity index (χ3n) is 5.28. The van der Waals surface area contributed by atoms with Gasteiger partial charge in [-0.15, -0.1) is 0 Å².